The number of piperidine rings is 1. The Labute approximate surface area is 164 Å². The Morgan fingerprint density at radius 3 is 2.36 bits per heavy atom. The highest BCUT2D eigenvalue weighted by molar-refractivity contribution is 6.22. The number of nitrogens with one attached hydrogen (secondary N) is 1. The molecule has 0 saturated carbocycles. The van der Waals surface area contributed by atoms with Gasteiger partial charge in [-0.2, -0.15) is 0 Å². The summed E-state index contributed by atoms with van der Waals surface area (Å²) in [4.78, 5) is 41.4. The van der Waals surface area contributed by atoms with Crippen LogP contribution in [0.15, 0.2) is 48.5 Å². The van der Waals surface area contributed by atoms with Crippen molar-refractivity contribution in [1.29, 1.82) is 0 Å². The fourth-order valence-electron chi connectivity index (χ4n) is 3.89. The fourth-order valence-corrected chi connectivity index (χ4v) is 3.89. The molecule has 0 atom stereocenters. The largest absolute Gasteiger partial charge is 0.339 e. The zero-order valence-corrected chi connectivity index (χ0v) is 15.9. The highest BCUT2D eigenvalue weighted by Crippen LogP contribution is 2.26. The number of benzene rings is 2. The summed E-state index contributed by atoms with van der Waals surface area (Å²) in [6.45, 7) is 1.61. The zero-order chi connectivity index (χ0) is 19.7. The van der Waals surface area contributed by atoms with Crippen molar-refractivity contribution in [1.82, 2.24) is 15.1 Å². The molecular weight excluding hydrogens is 354 g/mol. The number of amides is 3. The van der Waals surface area contributed by atoms with Crippen molar-refractivity contribution in [3.8, 4) is 0 Å². The Hall–Kier alpha value is -2.99. The molecule has 0 radical (unpaired) electrons. The van der Waals surface area contributed by atoms with Gasteiger partial charge in [0.1, 0.15) is 0 Å². The summed E-state index contributed by atoms with van der Waals surface area (Å²) in [7, 11) is 1.94. The van der Waals surface area contributed by atoms with Crippen LogP contribution in [0.5, 0.6) is 0 Å². The van der Waals surface area contributed by atoms with E-state index in [2.05, 4.69) is 5.32 Å². The van der Waals surface area contributed by atoms with Gasteiger partial charge in [-0.1, -0.05) is 30.3 Å². The number of imide groups is 1. The third kappa shape index (κ3) is 3.31. The molecule has 6 heteroatoms. The molecule has 0 aliphatic carbocycles. The number of nitrogens with zero attached hydrogens (tertiary/aromatic N) is 2. The van der Waals surface area contributed by atoms with Gasteiger partial charge in [0.15, 0.2) is 0 Å². The molecule has 1 saturated heterocycles. The predicted octanol–water partition coefficient (Wildman–Crippen LogP) is 2.31. The molecule has 4 rings (SSSR count). The van der Waals surface area contributed by atoms with Gasteiger partial charge in [0, 0.05) is 24.7 Å². The summed E-state index contributed by atoms with van der Waals surface area (Å²) < 4.78 is 0. The molecule has 2 aliphatic rings. The number of hydrogen-bond donors (Lipinski definition) is 1. The van der Waals surface area contributed by atoms with E-state index in [1.54, 1.807) is 18.2 Å². The Bertz CT molecular complexity index is 918. The summed E-state index contributed by atoms with van der Waals surface area (Å²) in [6, 6.07) is 14.7. The van der Waals surface area contributed by atoms with Crippen LogP contribution in [0.2, 0.25) is 0 Å². The van der Waals surface area contributed by atoms with E-state index in [0.29, 0.717) is 35.8 Å². The van der Waals surface area contributed by atoms with Crippen molar-refractivity contribution in [2.45, 2.75) is 25.4 Å². The van der Waals surface area contributed by atoms with Crippen LogP contribution < -0.4 is 5.32 Å². The fraction of sp³-hybridized carbons (Fsp3) is 0.318. The van der Waals surface area contributed by atoms with Crippen LogP contribution >= 0.6 is 0 Å². The van der Waals surface area contributed by atoms with Gasteiger partial charge in [-0.3, -0.25) is 19.3 Å². The van der Waals surface area contributed by atoms with Crippen LogP contribution in [-0.4, -0.2) is 53.7 Å². The molecular formula is C22H23N3O3. The molecule has 2 heterocycles. The molecule has 2 aromatic carbocycles. The number of carbonyl (C=O) groups is 3. The Morgan fingerprint density at radius 2 is 1.68 bits per heavy atom. The molecule has 28 heavy (non-hydrogen) atoms. The average Bonchev–Trinajstić information content (AvgIpc) is 2.98. The van der Waals surface area contributed by atoms with Crippen molar-refractivity contribution in [3.05, 3.63) is 70.8 Å². The summed E-state index contributed by atoms with van der Waals surface area (Å²) in [6.07, 6.45) is 1.82. The monoisotopic (exact) mass is 377 g/mol. The van der Waals surface area contributed by atoms with E-state index in [0.717, 1.165) is 18.4 Å². The number of fused-ring (bicyclic) bond motifs is 1. The molecule has 0 bridgehead atoms. The van der Waals surface area contributed by atoms with E-state index < -0.39 is 0 Å². The number of rotatable bonds is 4. The standard InChI is InChI=1S/C22H23N3O3/c1-23-17-9-11-24(12-10-17)20(26)16-7-8-18-19(13-16)22(28)25(21(18)27)14-15-5-3-2-4-6-15/h2-8,13,17,23H,9-12,14H2,1H3. The number of carbonyl (C=O) groups excluding carboxylic acids is 3. The normalized spacial score (nSPS) is 17.2. The van der Waals surface area contributed by atoms with Gasteiger partial charge in [-0.05, 0) is 43.7 Å². The minimum absolute atomic E-state index is 0.0842. The first-order valence-corrected chi connectivity index (χ1v) is 9.59. The predicted molar refractivity (Wildman–Crippen MR) is 105 cm³/mol. The van der Waals surface area contributed by atoms with Crippen LogP contribution in [0, 0.1) is 0 Å². The smallest absolute Gasteiger partial charge is 0.261 e. The number of likely N-dealkylation sites (tertiary alicyclic amines) is 1. The summed E-state index contributed by atoms with van der Waals surface area (Å²) in [5, 5.41) is 3.25. The van der Waals surface area contributed by atoms with Crippen molar-refractivity contribution in [3.63, 3.8) is 0 Å². The lowest BCUT2D eigenvalue weighted by atomic mass is 10.0. The lowest BCUT2D eigenvalue weighted by Gasteiger charge is -2.31. The van der Waals surface area contributed by atoms with E-state index in [9.17, 15) is 14.4 Å². The molecule has 0 spiro atoms. The van der Waals surface area contributed by atoms with Gasteiger partial charge >= 0.3 is 0 Å². The van der Waals surface area contributed by atoms with Gasteiger partial charge in [-0.25, -0.2) is 0 Å². The second-order valence-corrected chi connectivity index (χ2v) is 7.30. The minimum Gasteiger partial charge on any atom is -0.339 e. The quantitative estimate of drug-likeness (QED) is 0.830. The summed E-state index contributed by atoms with van der Waals surface area (Å²) in [5.74, 6) is -0.732. The average molecular weight is 377 g/mol. The van der Waals surface area contributed by atoms with E-state index in [1.807, 2.05) is 42.3 Å². The van der Waals surface area contributed by atoms with Crippen LogP contribution in [0.1, 0.15) is 49.5 Å². The van der Waals surface area contributed by atoms with E-state index in [-0.39, 0.29) is 24.3 Å². The molecule has 3 amide bonds. The maximum Gasteiger partial charge on any atom is 0.261 e. The van der Waals surface area contributed by atoms with Gasteiger partial charge in [0.05, 0.1) is 17.7 Å². The molecule has 1 fully saturated rings. The van der Waals surface area contributed by atoms with E-state index in [4.69, 9.17) is 0 Å². The van der Waals surface area contributed by atoms with Crippen LogP contribution in [0.25, 0.3) is 0 Å². The van der Waals surface area contributed by atoms with Crippen molar-refractivity contribution in [2.75, 3.05) is 20.1 Å². The van der Waals surface area contributed by atoms with Crippen LogP contribution in [0.3, 0.4) is 0 Å². The van der Waals surface area contributed by atoms with Gasteiger partial charge < -0.3 is 10.2 Å². The van der Waals surface area contributed by atoms with E-state index >= 15 is 0 Å². The first kappa shape index (κ1) is 18.4. The molecule has 6 nitrogen and oxygen atoms in total. The molecule has 0 unspecified atom stereocenters. The Kier molecular flexibility index (Phi) is 4.96. The summed E-state index contributed by atoms with van der Waals surface area (Å²) in [5.41, 5.74) is 2.04. The highest BCUT2D eigenvalue weighted by Gasteiger charge is 2.36. The van der Waals surface area contributed by atoms with Gasteiger partial charge in [-0.15, -0.1) is 0 Å². The van der Waals surface area contributed by atoms with Gasteiger partial charge in [0.2, 0.25) is 0 Å². The number of hydrogen-bond acceptors (Lipinski definition) is 4. The third-order valence-electron chi connectivity index (χ3n) is 5.59. The maximum absolute atomic E-state index is 12.9. The van der Waals surface area contributed by atoms with Crippen molar-refractivity contribution < 1.29 is 14.4 Å². The second kappa shape index (κ2) is 7.56. The summed E-state index contributed by atoms with van der Waals surface area (Å²) >= 11 is 0. The minimum atomic E-state index is -0.340. The Balaban J connectivity index is 1.53. The second-order valence-electron chi connectivity index (χ2n) is 7.30. The molecule has 0 aromatic heterocycles. The molecule has 2 aromatic rings. The highest BCUT2D eigenvalue weighted by atomic mass is 16.2. The van der Waals surface area contributed by atoms with Crippen molar-refractivity contribution >= 4 is 17.7 Å². The zero-order valence-electron chi connectivity index (χ0n) is 15.9. The first-order chi connectivity index (χ1) is 13.6. The van der Waals surface area contributed by atoms with Gasteiger partial charge in [0.25, 0.3) is 17.7 Å². The molecule has 2 aliphatic heterocycles. The lowest BCUT2D eigenvalue weighted by molar-refractivity contribution is 0.0641. The molecule has 144 valence electrons. The SMILES string of the molecule is CNC1CCN(C(=O)c2ccc3c(c2)C(=O)N(Cc2ccccc2)C3=O)CC1. The van der Waals surface area contributed by atoms with E-state index in [1.165, 1.54) is 4.90 Å². The lowest BCUT2D eigenvalue weighted by Crippen LogP contribution is -2.44. The van der Waals surface area contributed by atoms with Crippen LogP contribution in [-0.2, 0) is 6.54 Å². The van der Waals surface area contributed by atoms with Crippen molar-refractivity contribution in [2.24, 2.45) is 0 Å². The topological polar surface area (TPSA) is 69.7 Å². The first-order valence-electron chi connectivity index (χ1n) is 9.59. The third-order valence-corrected chi connectivity index (χ3v) is 5.59. The molecule has 1 N–H and O–H groups in total. The maximum atomic E-state index is 12.9. The van der Waals surface area contributed by atoms with Crippen LogP contribution in [0.4, 0.5) is 0 Å². The Morgan fingerprint density at radius 1 is 1.00 bits per heavy atom.